The minimum absolute atomic E-state index is 0.0737. The quantitative estimate of drug-likeness (QED) is 0.802. The van der Waals surface area contributed by atoms with Crippen molar-refractivity contribution in [3.8, 4) is 0 Å². The van der Waals surface area contributed by atoms with Crippen molar-refractivity contribution in [3.05, 3.63) is 35.1 Å². The number of carbonyl (C=O) groups is 1. The van der Waals surface area contributed by atoms with Gasteiger partial charge in [-0.05, 0) is 31.5 Å². The molecule has 1 atom stereocenters. The van der Waals surface area contributed by atoms with Crippen LogP contribution in [0.5, 0.6) is 0 Å². The number of hydrogen-bond acceptors (Lipinski definition) is 2. The molecule has 0 bridgehead atoms. The van der Waals surface area contributed by atoms with Gasteiger partial charge in [-0.1, -0.05) is 6.07 Å². The Bertz CT molecular complexity index is 433. The maximum atomic E-state index is 13.2. The number of carbonyl (C=O) groups excluding carboxylic acids is 1. The van der Waals surface area contributed by atoms with Crippen LogP contribution in [0.2, 0.25) is 0 Å². The van der Waals surface area contributed by atoms with Crippen LogP contribution in [0.15, 0.2) is 18.2 Å². The molecule has 1 aliphatic rings. The molecule has 1 aromatic rings. The normalized spacial score (nSPS) is 20.4. The molecular weight excluding hydrogens is 219 g/mol. The summed E-state index contributed by atoms with van der Waals surface area (Å²) >= 11 is 0. The molecule has 1 aromatic carbocycles. The Morgan fingerprint density at radius 2 is 2.29 bits per heavy atom. The first-order valence-corrected chi connectivity index (χ1v) is 5.87. The number of nitrogens with one attached hydrogen (secondary N) is 1. The second-order valence-electron chi connectivity index (χ2n) is 4.57. The highest BCUT2D eigenvalue weighted by Gasteiger charge is 2.22. The van der Waals surface area contributed by atoms with Gasteiger partial charge in [0.1, 0.15) is 5.82 Å². The van der Waals surface area contributed by atoms with E-state index >= 15 is 0 Å². The second-order valence-corrected chi connectivity index (χ2v) is 4.57. The molecule has 4 heteroatoms. The molecule has 92 valence electrons. The van der Waals surface area contributed by atoms with E-state index in [1.54, 1.807) is 11.0 Å². The lowest BCUT2D eigenvalue weighted by molar-refractivity contribution is 0.0708. The summed E-state index contributed by atoms with van der Waals surface area (Å²) in [6.07, 6.45) is 0. The minimum Gasteiger partial charge on any atom is -0.336 e. The first-order valence-electron chi connectivity index (χ1n) is 5.87. The minimum atomic E-state index is -0.359. The molecule has 0 spiro atoms. The van der Waals surface area contributed by atoms with Crippen LogP contribution in [-0.4, -0.2) is 36.5 Å². The smallest absolute Gasteiger partial charge is 0.254 e. The topological polar surface area (TPSA) is 32.3 Å². The predicted octanol–water partition coefficient (Wildman–Crippen LogP) is 1.57. The van der Waals surface area contributed by atoms with E-state index in [0.29, 0.717) is 24.7 Å². The van der Waals surface area contributed by atoms with Crippen LogP contribution in [0.25, 0.3) is 0 Å². The van der Waals surface area contributed by atoms with Crippen LogP contribution < -0.4 is 5.32 Å². The van der Waals surface area contributed by atoms with Gasteiger partial charge in [0.2, 0.25) is 0 Å². The van der Waals surface area contributed by atoms with E-state index in [1.807, 2.05) is 13.8 Å². The molecule has 0 aliphatic carbocycles. The van der Waals surface area contributed by atoms with E-state index in [9.17, 15) is 9.18 Å². The monoisotopic (exact) mass is 236 g/mol. The lowest BCUT2D eigenvalue weighted by atomic mass is 10.1. The summed E-state index contributed by atoms with van der Waals surface area (Å²) in [6.45, 7) is 6.02. The molecule has 3 nitrogen and oxygen atoms in total. The number of nitrogens with zero attached hydrogens (tertiary/aromatic N) is 1. The van der Waals surface area contributed by atoms with E-state index in [-0.39, 0.29) is 11.7 Å². The number of benzene rings is 1. The highest BCUT2D eigenvalue weighted by molar-refractivity contribution is 5.95. The lowest BCUT2D eigenvalue weighted by Gasteiger charge is -2.32. The third-order valence-corrected chi connectivity index (χ3v) is 3.09. The predicted molar refractivity (Wildman–Crippen MR) is 64.5 cm³/mol. The van der Waals surface area contributed by atoms with Gasteiger partial charge >= 0.3 is 0 Å². The highest BCUT2D eigenvalue weighted by Crippen LogP contribution is 2.14. The molecule has 1 heterocycles. The molecule has 2 rings (SSSR count). The Balaban J connectivity index is 2.21. The molecule has 0 radical (unpaired) electrons. The van der Waals surface area contributed by atoms with Gasteiger partial charge in [0, 0.05) is 31.2 Å². The van der Waals surface area contributed by atoms with Crippen molar-refractivity contribution in [1.82, 2.24) is 10.2 Å². The largest absolute Gasteiger partial charge is 0.336 e. The number of halogens is 1. The van der Waals surface area contributed by atoms with E-state index in [0.717, 1.165) is 12.1 Å². The zero-order valence-corrected chi connectivity index (χ0v) is 10.2. The van der Waals surface area contributed by atoms with Crippen molar-refractivity contribution in [2.24, 2.45) is 0 Å². The average molecular weight is 236 g/mol. The van der Waals surface area contributed by atoms with Crippen LogP contribution in [0.1, 0.15) is 22.8 Å². The summed E-state index contributed by atoms with van der Waals surface area (Å²) in [7, 11) is 0. The maximum Gasteiger partial charge on any atom is 0.254 e. The van der Waals surface area contributed by atoms with Crippen LogP contribution in [-0.2, 0) is 0 Å². The zero-order valence-electron chi connectivity index (χ0n) is 10.2. The Morgan fingerprint density at radius 3 is 3.00 bits per heavy atom. The molecule has 1 amide bonds. The fraction of sp³-hybridized carbons (Fsp3) is 0.462. The van der Waals surface area contributed by atoms with Crippen molar-refractivity contribution < 1.29 is 9.18 Å². The van der Waals surface area contributed by atoms with Gasteiger partial charge < -0.3 is 10.2 Å². The molecule has 17 heavy (non-hydrogen) atoms. The second kappa shape index (κ2) is 4.84. The first kappa shape index (κ1) is 12.0. The number of amides is 1. The number of rotatable bonds is 1. The molecular formula is C13H17FN2O. The summed E-state index contributed by atoms with van der Waals surface area (Å²) in [5.41, 5.74) is 1.29. The standard InChI is InChI=1S/C13H17FN2O/c1-9-3-4-11(14)7-12(9)13(17)16-6-5-15-10(2)8-16/h3-4,7,10,15H,5-6,8H2,1-2H3/t10-/m0/s1. The fourth-order valence-electron chi connectivity index (χ4n) is 2.11. The van der Waals surface area contributed by atoms with E-state index in [1.165, 1.54) is 12.1 Å². The third kappa shape index (κ3) is 2.64. The van der Waals surface area contributed by atoms with Gasteiger partial charge in [-0.25, -0.2) is 4.39 Å². The van der Waals surface area contributed by atoms with Crippen LogP contribution in [0, 0.1) is 12.7 Å². The molecule has 1 N–H and O–H groups in total. The van der Waals surface area contributed by atoms with Crippen molar-refractivity contribution in [1.29, 1.82) is 0 Å². The Morgan fingerprint density at radius 1 is 1.53 bits per heavy atom. The van der Waals surface area contributed by atoms with Crippen molar-refractivity contribution >= 4 is 5.91 Å². The van der Waals surface area contributed by atoms with Crippen molar-refractivity contribution in [2.45, 2.75) is 19.9 Å². The zero-order chi connectivity index (χ0) is 12.4. The molecule has 0 saturated carbocycles. The first-order chi connectivity index (χ1) is 8.08. The molecule has 1 saturated heterocycles. The number of hydrogen-bond donors (Lipinski definition) is 1. The fourth-order valence-corrected chi connectivity index (χ4v) is 2.11. The van der Waals surface area contributed by atoms with Crippen LogP contribution in [0.4, 0.5) is 4.39 Å². The summed E-state index contributed by atoms with van der Waals surface area (Å²) in [4.78, 5) is 14.0. The Kier molecular flexibility index (Phi) is 3.43. The Hall–Kier alpha value is -1.42. The summed E-state index contributed by atoms with van der Waals surface area (Å²) in [6, 6.07) is 4.65. The van der Waals surface area contributed by atoms with Gasteiger partial charge in [-0.3, -0.25) is 4.79 Å². The summed E-state index contributed by atoms with van der Waals surface area (Å²) in [5.74, 6) is -0.433. The van der Waals surface area contributed by atoms with Crippen molar-refractivity contribution in [2.75, 3.05) is 19.6 Å². The van der Waals surface area contributed by atoms with Crippen molar-refractivity contribution in [3.63, 3.8) is 0 Å². The van der Waals surface area contributed by atoms with Crippen LogP contribution in [0.3, 0.4) is 0 Å². The number of piperazine rings is 1. The SMILES string of the molecule is Cc1ccc(F)cc1C(=O)N1CCN[C@@H](C)C1. The van der Waals surface area contributed by atoms with Gasteiger partial charge in [0.05, 0.1) is 0 Å². The van der Waals surface area contributed by atoms with Gasteiger partial charge in [0.25, 0.3) is 5.91 Å². The van der Waals surface area contributed by atoms with E-state index in [2.05, 4.69) is 5.32 Å². The van der Waals surface area contributed by atoms with Gasteiger partial charge in [-0.15, -0.1) is 0 Å². The van der Waals surface area contributed by atoms with Gasteiger partial charge in [-0.2, -0.15) is 0 Å². The number of aryl methyl sites for hydroxylation is 1. The summed E-state index contributed by atoms with van der Waals surface area (Å²) < 4.78 is 13.2. The average Bonchev–Trinajstić information content (AvgIpc) is 2.31. The molecule has 1 aliphatic heterocycles. The van der Waals surface area contributed by atoms with E-state index in [4.69, 9.17) is 0 Å². The van der Waals surface area contributed by atoms with Crippen LogP contribution >= 0.6 is 0 Å². The molecule has 0 aromatic heterocycles. The third-order valence-electron chi connectivity index (χ3n) is 3.09. The summed E-state index contributed by atoms with van der Waals surface area (Å²) in [5, 5.41) is 3.28. The lowest BCUT2D eigenvalue weighted by Crippen LogP contribution is -2.51. The molecule has 0 unspecified atom stereocenters. The maximum absolute atomic E-state index is 13.2. The van der Waals surface area contributed by atoms with E-state index < -0.39 is 0 Å². The van der Waals surface area contributed by atoms with Gasteiger partial charge in [0.15, 0.2) is 0 Å². The molecule has 1 fully saturated rings. The highest BCUT2D eigenvalue weighted by atomic mass is 19.1. The Labute approximate surface area is 101 Å².